The Morgan fingerprint density at radius 2 is 1.93 bits per heavy atom. The zero-order valence-electron chi connectivity index (χ0n) is 9.50. The van der Waals surface area contributed by atoms with Crippen LogP contribution in [0.3, 0.4) is 0 Å². The molecule has 1 aliphatic heterocycles. The Morgan fingerprint density at radius 1 is 1.20 bits per heavy atom. The molecule has 0 aromatic rings. The molecule has 1 heterocycles. The summed E-state index contributed by atoms with van der Waals surface area (Å²) in [5.74, 6) is 0.549. The van der Waals surface area contributed by atoms with E-state index in [1.54, 1.807) is 0 Å². The molecule has 1 aliphatic carbocycles. The van der Waals surface area contributed by atoms with Crippen molar-refractivity contribution in [3.8, 4) is 0 Å². The molecule has 0 bridgehead atoms. The van der Waals surface area contributed by atoms with Crippen LogP contribution in [0.5, 0.6) is 0 Å². The summed E-state index contributed by atoms with van der Waals surface area (Å²) in [4.78, 5) is 11.9. The zero-order valence-corrected chi connectivity index (χ0v) is 9.50. The molecule has 0 aromatic carbocycles. The monoisotopic (exact) mass is 211 g/mol. The number of nitrogens with one attached hydrogen (secondary N) is 1. The molecule has 3 nitrogen and oxygen atoms in total. The van der Waals surface area contributed by atoms with Crippen LogP contribution in [0.4, 0.5) is 0 Å². The number of rotatable bonds is 2. The maximum Gasteiger partial charge on any atom is 0.310 e. The van der Waals surface area contributed by atoms with Crippen molar-refractivity contribution in [2.75, 3.05) is 13.1 Å². The molecule has 2 atom stereocenters. The Labute approximate surface area is 91.6 Å². The van der Waals surface area contributed by atoms with Gasteiger partial charge in [0.25, 0.3) is 0 Å². The second-order valence-electron chi connectivity index (χ2n) is 4.94. The number of hydrogen-bond donors (Lipinski definition) is 1. The molecular formula is C12H21NO2. The minimum Gasteiger partial charge on any atom is -0.462 e. The molecule has 1 N–H and O–H groups in total. The van der Waals surface area contributed by atoms with E-state index in [9.17, 15) is 4.79 Å². The number of ether oxygens (including phenoxy) is 1. The summed E-state index contributed by atoms with van der Waals surface area (Å²) in [7, 11) is 0. The van der Waals surface area contributed by atoms with Gasteiger partial charge in [-0.25, -0.2) is 0 Å². The summed E-state index contributed by atoms with van der Waals surface area (Å²) >= 11 is 0. The quantitative estimate of drug-likeness (QED) is 0.707. The predicted molar refractivity (Wildman–Crippen MR) is 58.5 cm³/mol. The highest BCUT2D eigenvalue weighted by Crippen LogP contribution is 2.24. The van der Waals surface area contributed by atoms with Crippen LogP contribution < -0.4 is 5.32 Å². The van der Waals surface area contributed by atoms with Gasteiger partial charge < -0.3 is 10.1 Å². The van der Waals surface area contributed by atoms with Crippen LogP contribution in [-0.4, -0.2) is 25.2 Å². The molecule has 0 radical (unpaired) electrons. The highest BCUT2D eigenvalue weighted by atomic mass is 16.5. The van der Waals surface area contributed by atoms with Crippen LogP contribution in [0, 0.1) is 11.8 Å². The molecule has 0 amide bonds. The van der Waals surface area contributed by atoms with E-state index in [2.05, 4.69) is 12.2 Å². The molecule has 1 saturated heterocycles. The molecule has 0 unspecified atom stereocenters. The third-order valence-corrected chi connectivity index (χ3v) is 3.66. The molecule has 0 spiro atoms. The van der Waals surface area contributed by atoms with E-state index in [1.165, 1.54) is 19.3 Å². The minimum atomic E-state index is 0.0272. The van der Waals surface area contributed by atoms with E-state index in [0.717, 1.165) is 25.9 Å². The van der Waals surface area contributed by atoms with Gasteiger partial charge in [-0.2, -0.15) is 0 Å². The van der Waals surface area contributed by atoms with Gasteiger partial charge in [-0.05, 0) is 38.1 Å². The first kappa shape index (κ1) is 10.9. The molecule has 2 fully saturated rings. The van der Waals surface area contributed by atoms with Gasteiger partial charge in [0.05, 0.1) is 5.92 Å². The molecule has 86 valence electrons. The van der Waals surface area contributed by atoms with Gasteiger partial charge in [0.1, 0.15) is 6.10 Å². The molecule has 2 rings (SSSR count). The van der Waals surface area contributed by atoms with E-state index >= 15 is 0 Å². The van der Waals surface area contributed by atoms with Crippen molar-refractivity contribution in [3.05, 3.63) is 0 Å². The molecule has 2 aliphatic rings. The summed E-state index contributed by atoms with van der Waals surface area (Å²) < 4.78 is 5.57. The molecule has 1 saturated carbocycles. The standard InChI is InChI=1S/C12H21NO2/c1-9-7-13-8-11(9)12(14)15-10-5-3-2-4-6-10/h9-11,13H,2-8H2,1H3/t9-,11-/m1/s1. The predicted octanol–water partition coefficient (Wildman–Crippen LogP) is 1.72. The fourth-order valence-electron chi connectivity index (χ4n) is 2.56. The lowest BCUT2D eigenvalue weighted by Crippen LogP contribution is -2.29. The van der Waals surface area contributed by atoms with Crippen molar-refractivity contribution in [2.45, 2.75) is 45.1 Å². The van der Waals surface area contributed by atoms with Gasteiger partial charge in [0, 0.05) is 6.54 Å². The lowest BCUT2D eigenvalue weighted by molar-refractivity contribution is -0.156. The van der Waals surface area contributed by atoms with Crippen LogP contribution >= 0.6 is 0 Å². The Bertz CT molecular complexity index is 224. The largest absolute Gasteiger partial charge is 0.462 e. The second-order valence-corrected chi connectivity index (χ2v) is 4.94. The third-order valence-electron chi connectivity index (χ3n) is 3.66. The van der Waals surface area contributed by atoms with Gasteiger partial charge in [0.2, 0.25) is 0 Å². The summed E-state index contributed by atoms with van der Waals surface area (Å²) in [6.45, 7) is 3.87. The van der Waals surface area contributed by atoms with Gasteiger partial charge in [0.15, 0.2) is 0 Å². The van der Waals surface area contributed by atoms with Crippen molar-refractivity contribution in [1.29, 1.82) is 0 Å². The zero-order chi connectivity index (χ0) is 10.7. The number of hydrogen-bond acceptors (Lipinski definition) is 3. The summed E-state index contributed by atoms with van der Waals surface area (Å²) in [6, 6.07) is 0. The first-order valence-electron chi connectivity index (χ1n) is 6.18. The first-order chi connectivity index (χ1) is 7.27. The Balaban J connectivity index is 1.80. The second kappa shape index (κ2) is 4.97. The van der Waals surface area contributed by atoms with E-state index in [0.29, 0.717) is 5.92 Å². The van der Waals surface area contributed by atoms with E-state index in [-0.39, 0.29) is 18.0 Å². The van der Waals surface area contributed by atoms with E-state index < -0.39 is 0 Å². The van der Waals surface area contributed by atoms with Crippen molar-refractivity contribution >= 4 is 5.97 Å². The van der Waals surface area contributed by atoms with Gasteiger partial charge >= 0.3 is 5.97 Å². The minimum absolute atomic E-state index is 0.0272. The fraction of sp³-hybridized carbons (Fsp3) is 0.917. The van der Waals surface area contributed by atoms with E-state index in [1.807, 2.05) is 0 Å². The normalized spacial score (nSPS) is 32.9. The van der Waals surface area contributed by atoms with Crippen molar-refractivity contribution < 1.29 is 9.53 Å². The van der Waals surface area contributed by atoms with Gasteiger partial charge in [-0.1, -0.05) is 13.3 Å². The van der Waals surface area contributed by atoms with Crippen molar-refractivity contribution in [1.82, 2.24) is 5.32 Å². The summed E-state index contributed by atoms with van der Waals surface area (Å²) in [6.07, 6.45) is 6.09. The fourth-order valence-corrected chi connectivity index (χ4v) is 2.56. The summed E-state index contributed by atoms with van der Waals surface area (Å²) in [5, 5.41) is 3.24. The number of carbonyl (C=O) groups is 1. The average molecular weight is 211 g/mol. The van der Waals surface area contributed by atoms with E-state index in [4.69, 9.17) is 4.74 Å². The Kier molecular flexibility index (Phi) is 3.62. The molecule has 3 heteroatoms. The van der Waals surface area contributed by atoms with Crippen LogP contribution in [0.2, 0.25) is 0 Å². The molecule has 0 aromatic heterocycles. The topological polar surface area (TPSA) is 38.3 Å². The smallest absolute Gasteiger partial charge is 0.310 e. The first-order valence-corrected chi connectivity index (χ1v) is 6.18. The van der Waals surface area contributed by atoms with Crippen molar-refractivity contribution in [3.63, 3.8) is 0 Å². The highest BCUT2D eigenvalue weighted by molar-refractivity contribution is 5.73. The highest BCUT2D eigenvalue weighted by Gasteiger charge is 2.32. The summed E-state index contributed by atoms with van der Waals surface area (Å²) in [5.41, 5.74) is 0. The van der Waals surface area contributed by atoms with Gasteiger partial charge in [-0.15, -0.1) is 0 Å². The molecular weight excluding hydrogens is 190 g/mol. The van der Waals surface area contributed by atoms with Crippen LogP contribution in [0.15, 0.2) is 0 Å². The third kappa shape index (κ3) is 2.71. The Morgan fingerprint density at radius 3 is 2.53 bits per heavy atom. The number of carbonyl (C=O) groups excluding carboxylic acids is 1. The van der Waals surface area contributed by atoms with Gasteiger partial charge in [-0.3, -0.25) is 4.79 Å². The van der Waals surface area contributed by atoms with Crippen LogP contribution in [0.25, 0.3) is 0 Å². The maximum atomic E-state index is 11.9. The van der Waals surface area contributed by atoms with Crippen LogP contribution in [-0.2, 0) is 9.53 Å². The maximum absolute atomic E-state index is 11.9. The lowest BCUT2D eigenvalue weighted by Gasteiger charge is -2.24. The Hall–Kier alpha value is -0.570. The van der Waals surface area contributed by atoms with Crippen molar-refractivity contribution in [2.24, 2.45) is 11.8 Å². The molecule has 15 heavy (non-hydrogen) atoms. The number of esters is 1. The lowest BCUT2D eigenvalue weighted by atomic mass is 9.96. The average Bonchev–Trinajstić information content (AvgIpc) is 2.66. The van der Waals surface area contributed by atoms with Crippen LogP contribution in [0.1, 0.15) is 39.0 Å². The SMILES string of the molecule is C[C@@H]1CNC[C@H]1C(=O)OC1CCCCC1.